The molecule has 0 fully saturated rings. The van der Waals surface area contributed by atoms with Crippen LogP contribution in [0.4, 0.5) is 0 Å². The smallest absolute Gasteiger partial charge is 0.134 e. The lowest BCUT2D eigenvalue weighted by Gasteiger charge is -2.02. The van der Waals surface area contributed by atoms with E-state index < -0.39 is 0 Å². The van der Waals surface area contributed by atoms with E-state index in [4.69, 9.17) is 23.2 Å². The molecule has 0 bridgehead atoms. The average molecular weight is 413 g/mol. The van der Waals surface area contributed by atoms with Gasteiger partial charge in [0.05, 0.1) is 11.3 Å². The van der Waals surface area contributed by atoms with Crippen LogP contribution in [0.15, 0.2) is 47.8 Å². The van der Waals surface area contributed by atoms with Crippen molar-refractivity contribution in [2.75, 3.05) is 0 Å². The van der Waals surface area contributed by atoms with Gasteiger partial charge in [-0.3, -0.25) is 0 Å². The average Bonchev–Trinajstić information content (AvgIpc) is 3.16. The van der Waals surface area contributed by atoms with E-state index in [1.807, 2.05) is 5.38 Å². The fourth-order valence-electron chi connectivity index (χ4n) is 2.67. The van der Waals surface area contributed by atoms with Crippen molar-refractivity contribution < 1.29 is 0 Å². The van der Waals surface area contributed by atoms with E-state index in [1.165, 1.54) is 29.7 Å². The summed E-state index contributed by atoms with van der Waals surface area (Å²) in [4.78, 5) is 4.65. The molecule has 0 saturated carbocycles. The van der Waals surface area contributed by atoms with Crippen molar-refractivity contribution in [2.24, 2.45) is 0 Å². The molecule has 3 rings (SSSR count). The number of aryl methyl sites for hydroxylation is 1. The van der Waals surface area contributed by atoms with Crippen LogP contribution in [0.5, 0.6) is 0 Å². The van der Waals surface area contributed by atoms with Crippen LogP contribution in [0.1, 0.15) is 35.9 Å². The summed E-state index contributed by atoms with van der Waals surface area (Å²) in [6, 6.07) is 15.9. The van der Waals surface area contributed by atoms with Crippen LogP contribution < -0.4 is 0 Å². The molecule has 0 N–H and O–H groups in total. The van der Waals surface area contributed by atoms with Crippen molar-refractivity contribution in [3.63, 3.8) is 0 Å². The van der Waals surface area contributed by atoms with E-state index in [0.29, 0.717) is 20.6 Å². The van der Waals surface area contributed by atoms with Gasteiger partial charge in [0.25, 0.3) is 0 Å². The zero-order valence-electron chi connectivity index (χ0n) is 14.9. The standard InChI is InChI=1S/C22H18Cl2N2S/c1-2-3-4-15-5-7-16(8-6-15)21-14-27-22(26-21)18(13-25)11-17-9-10-19(23)12-20(17)24/h5-12,14H,2-4H2,1H3/b18-11+. The quantitative estimate of drug-likeness (QED) is 0.392. The van der Waals surface area contributed by atoms with Gasteiger partial charge in [-0.15, -0.1) is 11.3 Å². The fraction of sp³-hybridized carbons (Fsp3) is 0.182. The lowest BCUT2D eigenvalue weighted by molar-refractivity contribution is 0.795. The Balaban J connectivity index is 1.85. The summed E-state index contributed by atoms with van der Waals surface area (Å²) in [5, 5.41) is 13.3. The molecule has 0 spiro atoms. The van der Waals surface area contributed by atoms with Crippen LogP contribution in [0.3, 0.4) is 0 Å². The third-order valence-electron chi connectivity index (χ3n) is 4.19. The van der Waals surface area contributed by atoms with E-state index in [2.05, 4.69) is 42.2 Å². The van der Waals surface area contributed by atoms with Crippen molar-refractivity contribution in [1.82, 2.24) is 4.98 Å². The Morgan fingerprint density at radius 2 is 1.96 bits per heavy atom. The number of aromatic nitrogens is 1. The van der Waals surface area contributed by atoms with Crippen LogP contribution in [0.25, 0.3) is 22.9 Å². The Labute approximate surface area is 173 Å². The lowest BCUT2D eigenvalue weighted by atomic mass is 10.1. The second-order valence-corrected chi connectivity index (χ2v) is 7.88. The first-order chi connectivity index (χ1) is 13.1. The van der Waals surface area contributed by atoms with E-state index in [0.717, 1.165) is 23.2 Å². The predicted molar refractivity (Wildman–Crippen MR) is 116 cm³/mol. The molecule has 27 heavy (non-hydrogen) atoms. The Hall–Kier alpha value is -2.12. The number of thiazole rings is 1. The number of allylic oxidation sites excluding steroid dienone is 1. The van der Waals surface area contributed by atoms with Gasteiger partial charge in [-0.25, -0.2) is 4.98 Å². The van der Waals surface area contributed by atoms with Crippen LogP contribution in [0, 0.1) is 11.3 Å². The highest BCUT2D eigenvalue weighted by atomic mass is 35.5. The molecule has 0 radical (unpaired) electrons. The summed E-state index contributed by atoms with van der Waals surface area (Å²) >= 11 is 13.6. The van der Waals surface area contributed by atoms with Crippen LogP contribution in [0.2, 0.25) is 10.0 Å². The van der Waals surface area contributed by atoms with Crippen LogP contribution >= 0.6 is 34.5 Å². The molecule has 1 heterocycles. The molecule has 0 aliphatic heterocycles. The van der Waals surface area contributed by atoms with Crippen molar-refractivity contribution in [3.05, 3.63) is 74.0 Å². The number of rotatable bonds is 6. The molecule has 0 amide bonds. The molecular formula is C22H18Cl2N2S. The third-order valence-corrected chi connectivity index (χ3v) is 5.62. The highest BCUT2D eigenvalue weighted by Gasteiger charge is 2.10. The number of hydrogen-bond acceptors (Lipinski definition) is 3. The van der Waals surface area contributed by atoms with E-state index in [-0.39, 0.29) is 0 Å². The Bertz CT molecular complexity index is 998. The second kappa shape index (κ2) is 9.19. The lowest BCUT2D eigenvalue weighted by Crippen LogP contribution is -1.86. The van der Waals surface area contributed by atoms with Crippen molar-refractivity contribution in [1.29, 1.82) is 5.26 Å². The molecule has 1 aromatic heterocycles. The maximum absolute atomic E-state index is 9.56. The third kappa shape index (κ3) is 4.99. The summed E-state index contributed by atoms with van der Waals surface area (Å²) in [5.74, 6) is 0. The predicted octanol–water partition coefficient (Wildman–Crippen LogP) is 7.52. The monoisotopic (exact) mass is 412 g/mol. The van der Waals surface area contributed by atoms with E-state index in [9.17, 15) is 5.26 Å². The number of halogens is 2. The van der Waals surface area contributed by atoms with Gasteiger partial charge < -0.3 is 0 Å². The van der Waals surface area contributed by atoms with Crippen molar-refractivity contribution in [3.8, 4) is 17.3 Å². The van der Waals surface area contributed by atoms with Gasteiger partial charge >= 0.3 is 0 Å². The summed E-state index contributed by atoms with van der Waals surface area (Å²) in [6.45, 7) is 2.20. The van der Waals surface area contributed by atoms with Gasteiger partial charge in [-0.05, 0) is 42.2 Å². The van der Waals surface area contributed by atoms with Gasteiger partial charge in [-0.2, -0.15) is 5.26 Å². The van der Waals surface area contributed by atoms with Crippen molar-refractivity contribution >= 4 is 46.2 Å². The number of hydrogen-bond donors (Lipinski definition) is 0. The highest BCUT2D eigenvalue weighted by Crippen LogP contribution is 2.29. The fourth-order valence-corrected chi connectivity index (χ4v) is 3.93. The Kier molecular flexibility index (Phi) is 6.68. The molecule has 2 aromatic carbocycles. The zero-order valence-corrected chi connectivity index (χ0v) is 17.2. The Morgan fingerprint density at radius 1 is 1.19 bits per heavy atom. The van der Waals surface area contributed by atoms with Crippen molar-refractivity contribution in [2.45, 2.75) is 26.2 Å². The number of nitriles is 1. The molecular weight excluding hydrogens is 395 g/mol. The number of benzene rings is 2. The number of nitrogens with zero attached hydrogens (tertiary/aromatic N) is 2. The SMILES string of the molecule is CCCCc1ccc(-c2csc(/C(C#N)=C/c3ccc(Cl)cc3Cl)n2)cc1. The van der Waals surface area contributed by atoms with Gasteiger partial charge in [0.15, 0.2) is 0 Å². The summed E-state index contributed by atoms with van der Waals surface area (Å²) in [5.41, 5.74) is 4.50. The second-order valence-electron chi connectivity index (χ2n) is 6.17. The summed E-state index contributed by atoms with van der Waals surface area (Å²) < 4.78 is 0. The first kappa shape index (κ1) is 19.6. The first-order valence-corrected chi connectivity index (χ1v) is 10.4. The zero-order chi connectivity index (χ0) is 19.2. The molecule has 0 unspecified atom stereocenters. The minimum absolute atomic E-state index is 0.482. The molecule has 2 nitrogen and oxygen atoms in total. The van der Waals surface area contributed by atoms with Gasteiger partial charge in [0, 0.05) is 21.0 Å². The molecule has 5 heteroatoms. The normalized spacial score (nSPS) is 11.4. The first-order valence-electron chi connectivity index (χ1n) is 8.72. The molecule has 0 atom stereocenters. The maximum atomic E-state index is 9.56. The molecule has 3 aromatic rings. The highest BCUT2D eigenvalue weighted by molar-refractivity contribution is 7.11. The minimum Gasteiger partial charge on any atom is -0.235 e. The Morgan fingerprint density at radius 3 is 2.63 bits per heavy atom. The van der Waals surface area contributed by atoms with E-state index >= 15 is 0 Å². The molecule has 0 aliphatic rings. The largest absolute Gasteiger partial charge is 0.235 e. The number of unbranched alkanes of at least 4 members (excludes halogenated alkanes) is 1. The van der Waals surface area contributed by atoms with Gasteiger partial charge in [0.1, 0.15) is 11.1 Å². The minimum atomic E-state index is 0.482. The molecule has 0 aliphatic carbocycles. The summed E-state index contributed by atoms with van der Waals surface area (Å²) in [6.07, 6.45) is 5.24. The van der Waals surface area contributed by atoms with Crippen LogP contribution in [-0.2, 0) is 6.42 Å². The van der Waals surface area contributed by atoms with Gasteiger partial charge in [-0.1, -0.05) is 66.9 Å². The summed E-state index contributed by atoms with van der Waals surface area (Å²) in [7, 11) is 0. The maximum Gasteiger partial charge on any atom is 0.134 e. The molecule has 136 valence electrons. The molecule has 0 saturated heterocycles. The van der Waals surface area contributed by atoms with E-state index in [1.54, 1.807) is 24.3 Å². The van der Waals surface area contributed by atoms with Gasteiger partial charge in [0.2, 0.25) is 0 Å². The topological polar surface area (TPSA) is 36.7 Å². The van der Waals surface area contributed by atoms with Crippen LogP contribution in [-0.4, -0.2) is 4.98 Å².